The van der Waals surface area contributed by atoms with Crippen molar-refractivity contribution in [1.29, 1.82) is 0 Å². The molecule has 5 heteroatoms. The monoisotopic (exact) mass is 317 g/mol. The van der Waals surface area contributed by atoms with Gasteiger partial charge in [-0.2, -0.15) is 0 Å². The van der Waals surface area contributed by atoms with Crippen LogP contribution in [0, 0.1) is 0 Å². The first kappa shape index (κ1) is 16.0. The molecule has 0 unspecified atom stereocenters. The summed E-state index contributed by atoms with van der Waals surface area (Å²) in [6.45, 7) is 2.38. The molecule has 114 valence electrons. The van der Waals surface area contributed by atoms with Gasteiger partial charge in [0.05, 0.1) is 13.2 Å². The van der Waals surface area contributed by atoms with E-state index >= 15 is 0 Å². The van der Waals surface area contributed by atoms with Crippen LogP contribution in [0.4, 0.5) is 0 Å². The van der Waals surface area contributed by atoms with Crippen molar-refractivity contribution < 1.29 is 14.3 Å². The molecule has 4 nitrogen and oxygen atoms in total. The maximum absolute atomic E-state index is 12.0. The van der Waals surface area contributed by atoms with Crippen molar-refractivity contribution >= 4 is 23.3 Å². The number of ketones is 1. The predicted molar refractivity (Wildman–Crippen MR) is 85.7 cm³/mol. The Morgan fingerprint density at radius 1 is 1.09 bits per heavy atom. The highest BCUT2D eigenvalue weighted by Gasteiger charge is 2.10. The fourth-order valence-corrected chi connectivity index (χ4v) is 2.09. The first-order valence-corrected chi connectivity index (χ1v) is 7.27. The second kappa shape index (κ2) is 7.61. The molecule has 0 spiro atoms. The second-order valence-electron chi connectivity index (χ2n) is 4.57. The Labute approximate surface area is 134 Å². The average molecular weight is 318 g/mol. The quantitative estimate of drug-likeness (QED) is 0.831. The van der Waals surface area contributed by atoms with Crippen LogP contribution in [0.2, 0.25) is 5.02 Å². The van der Waals surface area contributed by atoms with E-state index in [0.29, 0.717) is 28.5 Å². The van der Waals surface area contributed by atoms with Crippen LogP contribution in [0.25, 0.3) is 0 Å². The first-order chi connectivity index (χ1) is 10.6. The minimum atomic E-state index is -0.307. The number of carbonyl (C=O) groups is 2. The summed E-state index contributed by atoms with van der Waals surface area (Å²) in [6.07, 6.45) is 0. The normalized spacial score (nSPS) is 10.1. The minimum absolute atomic E-state index is 0.0770. The lowest BCUT2D eigenvalue weighted by Crippen LogP contribution is -2.29. The standard InChI is InChI=1S/C17H16ClNO3/c1-2-22-15-8-6-12(7-9-15)17(21)19-11-16(20)13-4-3-5-14(18)10-13/h3-10H,2,11H2,1H3,(H,19,21). The number of carbonyl (C=O) groups excluding carboxylic acids is 2. The van der Waals surface area contributed by atoms with Crippen molar-refractivity contribution in [2.45, 2.75) is 6.92 Å². The molecule has 22 heavy (non-hydrogen) atoms. The Morgan fingerprint density at radius 3 is 2.45 bits per heavy atom. The SMILES string of the molecule is CCOc1ccc(C(=O)NCC(=O)c2cccc(Cl)c2)cc1. The number of nitrogens with one attached hydrogen (secondary N) is 1. The number of halogens is 1. The number of rotatable bonds is 6. The molecule has 2 aromatic carbocycles. The maximum atomic E-state index is 12.0. The number of amides is 1. The van der Waals surface area contributed by atoms with Gasteiger partial charge in [-0.1, -0.05) is 23.7 Å². The van der Waals surface area contributed by atoms with Crippen LogP contribution in [-0.4, -0.2) is 24.8 Å². The topological polar surface area (TPSA) is 55.4 Å². The van der Waals surface area contributed by atoms with Crippen LogP contribution in [0.15, 0.2) is 48.5 Å². The number of Topliss-reactive ketones (excluding diaryl/α,β-unsaturated/α-hetero) is 1. The third-order valence-electron chi connectivity index (χ3n) is 2.98. The molecule has 0 bridgehead atoms. The molecule has 0 aliphatic rings. The number of hydrogen-bond donors (Lipinski definition) is 1. The zero-order chi connectivity index (χ0) is 15.9. The largest absolute Gasteiger partial charge is 0.494 e. The van der Waals surface area contributed by atoms with E-state index in [4.69, 9.17) is 16.3 Å². The summed E-state index contributed by atoms with van der Waals surface area (Å²) in [5.74, 6) is 0.203. The molecule has 0 heterocycles. The Balaban J connectivity index is 1.93. The van der Waals surface area contributed by atoms with Gasteiger partial charge in [-0.15, -0.1) is 0 Å². The van der Waals surface area contributed by atoms with Crippen LogP contribution in [0.1, 0.15) is 27.6 Å². The Morgan fingerprint density at radius 2 is 1.82 bits per heavy atom. The van der Waals surface area contributed by atoms with E-state index in [9.17, 15) is 9.59 Å². The molecule has 0 aromatic heterocycles. The Hall–Kier alpha value is -2.33. The molecule has 0 aliphatic carbocycles. The summed E-state index contributed by atoms with van der Waals surface area (Å²) in [4.78, 5) is 24.0. The Bertz CT molecular complexity index is 668. The summed E-state index contributed by atoms with van der Waals surface area (Å²) in [5.41, 5.74) is 0.946. The van der Waals surface area contributed by atoms with E-state index in [-0.39, 0.29) is 18.2 Å². The van der Waals surface area contributed by atoms with Crippen LogP contribution in [-0.2, 0) is 0 Å². The molecule has 0 aliphatic heterocycles. The van der Waals surface area contributed by atoms with Crippen molar-refractivity contribution in [2.24, 2.45) is 0 Å². The van der Waals surface area contributed by atoms with Crippen molar-refractivity contribution in [1.82, 2.24) is 5.32 Å². The van der Waals surface area contributed by atoms with Gasteiger partial charge in [-0.3, -0.25) is 9.59 Å². The second-order valence-corrected chi connectivity index (χ2v) is 5.01. The third-order valence-corrected chi connectivity index (χ3v) is 3.22. The number of hydrogen-bond acceptors (Lipinski definition) is 3. The average Bonchev–Trinajstić information content (AvgIpc) is 2.53. The van der Waals surface area contributed by atoms with Crippen LogP contribution in [0.3, 0.4) is 0 Å². The number of benzene rings is 2. The highest BCUT2D eigenvalue weighted by Crippen LogP contribution is 2.13. The summed E-state index contributed by atoms with van der Waals surface area (Å²) in [6, 6.07) is 13.4. The van der Waals surface area contributed by atoms with Gasteiger partial charge in [-0.05, 0) is 43.3 Å². The Kier molecular flexibility index (Phi) is 5.55. The van der Waals surface area contributed by atoms with E-state index < -0.39 is 0 Å². The molecular formula is C17H16ClNO3. The molecule has 0 fully saturated rings. The predicted octanol–water partition coefficient (Wildman–Crippen LogP) is 3.35. The summed E-state index contributed by atoms with van der Waals surface area (Å²) >= 11 is 5.84. The van der Waals surface area contributed by atoms with Crippen molar-refractivity contribution in [3.8, 4) is 5.75 Å². The molecule has 2 rings (SSSR count). The molecule has 2 aromatic rings. The zero-order valence-electron chi connectivity index (χ0n) is 12.1. The van der Waals surface area contributed by atoms with Gasteiger partial charge in [0.25, 0.3) is 5.91 Å². The fourth-order valence-electron chi connectivity index (χ4n) is 1.90. The lowest BCUT2D eigenvalue weighted by atomic mass is 10.1. The van der Waals surface area contributed by atoms with Crippen molar-refractivity contribution in [2.75, 3.05) is 13.2 Å². The molecule has 0 saturated heterocycles. The van der Waals surface area contributed by atoms with Gasteiger partial charge in [0.15, 0.2) is 5.78 Å². The summed E-state index contributed by atoms with van der Waals surface area (Å²) in [5, 5.41) is 3.09. The van der Waals surface area contributed by atoms with Gasteiger partial charge in [-0.25, -0.2) is 0 Å². The summed E-state index contributed by atoms with van der Waals surface area (Å²) in [7, 11) is 0. The minimum Gasteiger partial charge on any atom is -0.494 e. The van der Waals surface area contributed by atoms with Gasteiger partial charge >= 0.3 is 0 Å². The fraction of sp³-hybridized carbons (Fsp3) is 0.176. The highest BCUT2D eigenvalue weighted by atomic mass is 35.5. The van der Waals surface area contributed by atoms with Gasteiger partial charge in [0.2, 0.25) is 0 Å². The molecule has 1 N–H and O–H groups in total. The van der Waals surface area contributed by atoms with E-state index in [1.807, 2.05) is 6.92 Å². The molecule has 1 amide bonds. The van der Waals surface area contributed by atoms with E-state index in [0.717, 1.165) is 0 Å². The number of ether oxygens (including phenoxy) is 1. The molecule has 0 saturated carbocycles. The van der Waals surface area contributed by atoms with Crippen LogP contribution < -0.4 is 10.1 Å². The highest BCUT2D eigenvalue weighted by molar-refractivity contribution is 6.31. The third kappa shape index (κ3) is 4.33. The van der Waals surface area contributed by atoms with Crippen molar-refractivity contribution in [3.05, 3.63) is 64.7 Å². The molecule has 0 atom stereocenters. The van der Waals surface area contributed by atoms with Crippen LogP contribution in [0.5, 0.6) is 5.75 Å². The lowest BCUT2D eigenvalue weighted by molar-refractivity contribution is 0.0904. The van der Waals surface area contributed by atoms with Gasteiger partial charge in [0.1, 0.15) is 5.75 Å². The van der Waals surface area contributed by atoms with Crippen LogP contribution >= 0.6 is 11.6 Å². The van der Waals surface area contributed by atoms with E-state index in [1.165, 1.54) is 0 Å². The van der Waals surface area contributed by atoms with E-state index in [1.54, 1.807) is 48.5 Å². The van der Waals surface area contributed by atoms with Gasteiger partial charge < -0.3 is 10.1 Å². The van der Waals surface area contributed by atoms with E-state index in [2.05, 4.69) is 5.32 Å². The zero-order valence-corrected chi connectivity index (χ0v) is 12.9. The van der Waals surface area contributed by atoms with Crippen molar-refractivity contribution in [3.63, 3.8) is 0 Å². The lowest BCUT2D eigenvalue weighted by Gasteiger charge is -2.06. The smallest absolute Gasteiger partial charge is 0.251 e. The van der Waals surface area contributed by atoms with Gasteiger partial charge in [0, 0.05) is 16.1 Å². The molecule has 0 radical (unpaired) electrons. The maximum Gasteiger partial charge on any atom is 0.251 e. The summed E-state index contributed by atoms with van der Waals surface area (Å²) < 4.78 is 5.31. The molecular weight excluding hydrogens is 302 g/mol. The first-order valence-electron chi connectivity index (χ1n) is 6.90.